The van der Waals surface area contributed by atoms with Gasteiger partial charge in [-0.2, -0.15) is 0 Å². The van der Waals surface area contributed by atoms with Gasteiger partial charge in [0.15, 0.2) is 17.3 Å². The Hall–Kier alpha value is -2.14. The highest BCUT2D eigenvalue weighted by Crippen LogP contribution is 2.32. The average Bonchev–Trinajstić information content (AvgIpc) is 2.93. The first kappa shape index (κ1) is 13.8. The molecule has 1 aliphatic heterocycles. The molecule has 0 aromatic heterocycles. The molecule has 0 aliphatic carbocycles. The van der Waals surface area contributed by atoms with Gasteiger partial charge in [0.1, 0.15) is 5.82 Å². The van der Waals surface area contributed by atoms with Crippen LogP contribution in [0.3, 0.4) is 0 Å². The zero-order valence-electron chi connectivity index (χ0n) is 10.8. The lowest BCUT2D eigenvalue weighted by molar-refractivity contribution is 0.104. The van der Waals surface area contributed by atoms with Crippen molar-refractivity contribution in [3.05, 3.63) is 63.9 Å². The smallest absolute Gasteiger partial charge is 0.231 e. The maximum absolute atomic E-state index is 13.7. The summed E-state index contributed by atoms with van der Waals surface area (Å²) in [4.78, 5) is 12.1. The summed E-state index contributed by atoms with van der Waals surface area (Å²) in [7, 11) is 0. The average molecular weight is 349 g/mol. The number of carbonyl (C=O) groups is 1. The summed E-state index contributed by atoms with van der Waals surface area (Å²) in [6, 6.07) is 9.62. The second-order valence-electron chi connectivity index (χ2n) is 4.43. The number of hydrogen-bond acceptors (Lipinski definition) is 3. The first-order valence-electron chi connectivity index (χ1n) is 6.20. The molecule has 0 radical (unpaired) electrons. The molecule has 0 saturated heterocycles. The molecule has 21 heavy (non-hydrogen) atoms. The van der Waals surface area contributed by atoms with E-state index < -0.39 is 0 Å². The number of allylic oxidation sites excluding steroid dienone is 1. The van der Waals surface area contributed by atoms with Gasteiger partial charge < -0.3 is 9.47 Å². The number of benzene rings is 2. The largest absolute Gasteiger partial charge is 0.454 e. The van der Waals surface area contributed by atoms with Crippen LogP contribution in [-0.2, 0) is 0 Å². The van der Waals surface area contributed by atoms with Crippen LogP contribution >= 0.6 is 15.9 Å². The number of ether oxygens (including phenoxy) is 2. The van der Waals surface area contributed by atoms with Gasteiger partial charge in [-0.05, 0) is 42.5 Å². The standard InChI is InChI=1S/C16H10BrFO3/c17-12-4-1-10(13(18)8-12)2-5-14(19)11-3-6-15-16(7-11)21-9-20-15/h1-8H,9H2/b5-2+. The van der Waals surface area contributed by atoms with Gasteiger partial charge in [-0.15, -0.1) is 0 Å². The molecule has 0 atom stereocenters. The summed E-state index contributed by atoms with van der Waals surface area (Å²) >= 11 is 3.18. The number of rotatable bonds is 3. The van der Waals surface area contributed by atoms with Crippen molar-refractivity contribution in [2.75, 3.05) is 6.79 Å². The number of carbonyl (C=O) groups excluding carboxylic acids is 1. The molecular formula is C16H10BrFO3. The molecule has 2 aromatic rings. The van der Waals surface area contributed by atoms with E-state index in [1.54, 1.807) is 30.3 Å². The number of fused-ring (bicyclic) bond motifs is 1. The van der Waals surface area contributed by atoms with E-state index in [-0.39, 0.29) is 18.4 Å². The number of ketones is 1. The van der Waals surface area contributed by atoms with Crippen molar-refractivity contribution in [1.82, 2.24) is 0 Å². The monoisotopic (exact) mass is 348 g/mol. The minimum Gasteiger partial charge on any atom is -0.454 e. The van der Waals surface area contributed by atoms with Crippen molar-refractivity contribution in [2.24, 2.45) is 0 Å². The van der Waals surface area contributed by atoms with E-state index in [2.05, 4.69) is 15.9 Å². The molecule has 5 heteroatoms. The fraction of sp³-hybridized carbons (Fsp3) is 0.0625. The Labute approximate surface area is 129 Å². The summed E-state index contributed by atoms with van der Waals surface area (Å²) in [6.45, 7) is 0.160. The Morgan fingerprint density at radius 3 is 2.76 bits per heavy atom. The first-order chi connectivity index (χ1) is 10.1. The first-order valence-corrected chi connectivity index (χ1v) is 7.00. The van der Waals surface area contributed by atoms with Crippen LogP contribution in [0.25, 0.3) is 6.08 Å². The lowest BCUT2D eigenvalue weighted by atomic mass is 10.1. The highest BCUT2D eigenvalue weighted by Gasteiger charge is 2.15. The van der Waals surface area contributed by atoms with E-state index >= 15 is 0 Å². The Morgan fingerprint density at radius 2 is 1.95 bits per heavy atom. The van der Waals surface area contributed by atoms with Gasteiger partial charge in [-0.25, -0.2) is 4.39 Å². The quantitative estimate of drug-likeness (QED) is 0.615. The van der Waals surface area contributed by atoms with Gasteiger partial charge in [-0.3, -0.25) is 4.79 Å². The van der Waals surface area contributed by atoms with E-state index in [1.807, 2.05) is 0 Å². The van der Waals surface area contributed by atoms with Crippen LogP contribution in [0.1, 0.15) is 15.9 Å². The van der Waals surface area contributed by atoms with Gasteiger partial charge in [0.25, 0.3) is 0 Å². The van der Waals surface area contributed by atoms with Gasteiger partial charge in [0.05, 0.1) is 0 Å². The van der Waals surface area contributed by atoms with E-state index in [1.165, 1.54) is 18.2 Å². The summed E-state index contributed by atoms with van der Waals surface area (Å²) in [5.41, 5.74) is 0.820. The third-order valence-electron chi connectivity index (χ3n) is 3.03. The van der Waals surface area contributed by atoms with Crippen LogP contribution in [0.4, 0.5) is 4.39 Å². The molecule has 0 unspecified atom stereocenters. The molecule has 0 spiro atoms. The minimum absolute atomic E-state index is 0.160. The van der Waals surface area contributed by atoms with E-state index in [0.29, 0.717) is 27.1 Å². The van der Waals surface area contributed by atoms with E-state index in [0.717, 1.165) is 0 Å². The van der Waals surface area contributed by atoms with Gasteiger partial charge >= 0.3 is 0 Å². The van der Waals surface area contributed by atoms with E-state index in [4.69, 9.17) is 9.47 Å². The molecular weight excluding hydrogens is 339 g/mol. The normalized spacial score (nSPS) is 12.9. The van der Waals surface area contributed by atoms with Gasteiger partial charge in [-0.1, -0.05) is 22.0 Å². The summed E-state index contributed by atoms with van der Waals surface area (Å²) in [5.74, 6) is 0.549. The van der Waals surface area contributed by atoms with Crippen LogP contribution in [0.2, 0.25) is 0 Å². The fourth-order valence-corrected chi connectivity index (χ4v) is 2.28. The van der Waals surface area contributed by atoms with Crippen LogP contribution in [0.5, 0.6) is 11.5 Å². The van der Waals surface area contributed by atoms with Gasteiger partial charge in [0.2, 0.25) is 6.79 Å². The Bertz CT molecular complexity index is 740. The van der Waals surface area contributed by atoms with Crippen LogP contribution in [-0.4, -0.2) is 12.6 Å². The molecule has 0 saturated carbocycles. The van der Waals surface area contributed by atoms with Crippen molar-refractivity contribution in [3.8, 4) is 11.5 Å². The maximum Gasteiger partial charge on any atom is 0.231 e. The molecule has 3 rings (SSSR count). The van der Waals surface area contributed by atoms with Crippen LogP contribution in [0.15, 0.2) is 46.9 Å². The molecule has 3 nitrogen and oxygen atoms in total. The predicted octanol–water partition coefficient (Wildman–Crippen LogP) is 4.21. The zero-order valence-corrected chi connectivity index (χ0v) is 12.4. The predicted molar refractivity (Wildman–Crippen MR) is 80.0 cm³/mol. The summed E-state index contributed by atoms with van der Waals surface area (Å²) in [6.07, 6.45) is 2.79. The van der Waals surface area contributed by atoms with Crippen molar-refractivity contribution in [3.63, 3.8) is 0 Å². The maximum atomic E-state index is 13.7. The molecule has 2 aromatic carbocycles. The topological polar surface area (TPSA) is 35.5 Å². The molecule has 0 bridgehead atoms. The Kier molecular flexibility index (Phi) is 3.75. The Morgan fingerprint density at radius 1 is 1.14 bits per heavy atom. The van der Waals surface area contributed by atoms with Crippen molar-refractivity contribution in [1.29, 1.82) is 0 Å². The molecule has 1 aliphatic rings. The summed E-state index contributed by atoms with van der Waals surface area (Å²) < 4.78 is 24.7. The lowest BCUT2D eigenvalue weighted by Crippen LogP contribution is -1.94. The van der Waals surface area contributed by atoms with Crippen LogP contribution in [0, 0.1) is 5.82 Å². The highest BCUT2D eigenvalue weighted by molar-refractivity contribution is 9.10. The lowest BCUT2D eigenvalue weighted by Gasteiger charge is -2.00. The van der Waals surface area contributed by atoms with Gasteiger partial charge in [0, 0.05) is 15.6 Å². The fourth-order valence-electron chi connectivity index (χ4n) is 1.95. The zero-order chi connectivity index (χ0) is 14.8. The highest BCUT2D eigenvalue weighted by atomic mass is 79.9. The third-order valence-corrected chi connectivity index (χ3v) is 3.53. The Balaban J connectivity index is 1.81. The molecule has 1 heterocycles. The SMILES string of the molecule is O=C(/C=C/c1ccc(Br)cc1F)c1ccc2c(c1)OCO2. The summed E-state index contributed by atoms with van der Waals surface area (Å²) in [5, 5.41) is 0. The van der Waals surface area contributed by atoms with Crippen molar-refractivity contribution in [2.45, 2.75) is 0 Å². The molecule has 106 valence electrons. The van der Waals surface area contributed by atoms with Crippen molar-refractivity contribution < 1.29 is 18.7 Å². The number of halogens is 2. The second kappa shape index (κ2) is 5.69. The molecule has 0 amide bonds. The van der Waals surface area contributed by atoms with Crippen LogP contribution < -0.4 is 9.47 Å². The molecule has 0 fully saturated rings. The molecule has 0 N–H and O–H groups in total. The number of hydrogen-bond donors (Lipinski definition) is 0. The van der Waals surface area contributed by atoms with E-state index in [9.17, 15) is 9.18 Å². The third kappa shape index (κ3) is 2.97. The second-order valence-corrected chi connectivity index (χ2v) is 5.35. The van der Waals surface area contributed by atoms with Crippen molar-refractivity contribution >= 4 is 27.8 Å². The minimum atomic E-state index is -0.390.